The van der Waals surface area contributed by atoms with Gasteiger partial charge in [0.05, 0.1) is 12.2 Å². The van der Waals surface area contributed by atoms with Crippen LogP contribution in [0.4, 0.5) is 0 Å². The SMILES string of the molecule is CC(=C/[C@H](C)CO[Si](C(C)C)(C(C)C)C(C)C)/C=C/[C@H]1CCC[C@H](OC(C)C)O1. The van der Waals surface area contributed by atoms with E-state index >= 15 is 0 Å². The van der Waals surface area contributed by atoms with E-state index in [1.165, 1.54) is 5.57 Å². The second kappa shape index (κ2) is 12.4. The van der Waals surface area contributed by atoms with Crippen molar-refractivity contribution in [2.45, 2.75) is 124 Å². The molecule has 0 aliphatic carbocycles. The third-order valence-corrected chi connectivity index (χ3v) is 12.2. The first-order valence-electron chi connectivity index (χ1n) is 11.8. The molecule has 0 N–H and O–H groups in total. The Bertz CT molecular complexity index is 500. The fourth-order valence-electron chi connectivity index (χ4n) is 4.95. The van der Waals surface area contributed by atoms with E-state index in [-0.39, 0.29) is 18.5 Å². The molecule has 4 heteroatoms. The summed E-state index contributed by atoms with van der Waals surface area (Å²) in [5.41, 5.74) is 3.17. The Balaban J connectivity index is 2.64. The number of rotatable bonds is 11. The molecule has 0 aromatic rings. The van der Waals surface area contributed by atoms with Crippen molar-refractivity contribution in [3.05, 3.63) is 23.8 Å². The molecule has 1 fully saturated rings. The molecular weight excluding hydrogens is 376 g/mol. The van der Waals surface area contributed by atoms with Crippen LogP contribution in [-0.2, 0) is 13.9 Å². The van der Waals surface area contributed by atoms with Crippen LogP contribution in [0, 0.1) is 5.92 Å². The Kier molecular flexibility index (Phi) is 11.4. The van der Waals surface area contributed by atoms with Gasteiger partial charge in [-0.15, -0.1) is 0 Å². The molecule has 1 heterocycles. The van der Waals surface area contributed by atoms with Crippen molar-refractivity contribution < 1.29 is 13.9 Å². The molecule has 0 amide bonds. The van der Waals surface area contributed by atoms with Gasteiger partial charge in [-0.05, 0) is 62.6 Å². The predicted molar refractivity (Wildman–Crippen MR) is 128 cm³/mol. The standard InChI is InChI=1S/C25H48O3Si/c1-18(2)27-25-13-11-12-24(28-25)15-14-22(9)16-23(10)17-26-29(19(3)4,20(5)6)21(7)8/h14-16,18-21,23-25H,11-13,17H2,1-10H3/b15-14+,22-16-/t23-,24+,25+/m0/s1. The quantitative estimate of drug-likeness (QED) is 0.252. The molecule has 0 saturated carbocycles. The zero-order valence-electron chi connectivity index (χ0n) is 20.8. The highest BCUT2D eigenvalue weighted by atomic mass is 28.4. The Morgan fingerprint density at radius 1 is 0.966 bits per heavy atom. The van der Waals surface area contributed by atoms with Crippen molar-refractivity contribution in [3.8, 4) is 0 Å². The molecule has 1 saturated heterocycles. The minimum absolute atomic E-state index is 0.0591. The molecule has 29 heavy (non-hydrogen) atoms. The van der Waals surface area contributed by atoms with E-state index in [9.17, 15) is 0 Å². The lowest BCUT2D eigenvalue weighted by Gasteiger charge is -2.42. The van der Waals surface area contributed by atoms with E-state index in [0.29, 0.717) is 22.5 Å². The van der Waals surface area contributed by atoms with Gasteiger partial charge >= 0.3 is 0 Å². The second-order valence-electron chi connectivity index (χ2n) is 10.1. The summed E-state index contributed by atoms with van der Waals surface area (Å²) in [7, 11) is -1.79. The lowest BCUT2D eigenvalue weighted by atomic mass is 10.1. The number of ether oxygens (including phenoxy) is 2. The smallest absolute Gasteiger partial charge is 0.200 e. The Morgan fingerprint density at radius 2 is 1.55 bits per heavy atom. The van der Waals surface area contributed by atoms with Crippen LogP contribution in [0.1, 0.15) is 88.5 Å². The van der Waals surface area contributed by atoms with E-state index in [4.69, 9.17) is 13.9 Å². The molecule has 0 radical (unpaired) electrons. The van der Waals surface area contributed by atoms with Gasteiger partial charge in [-0.25, -0.2) is 0 Å². The van der Waals surface area contributed by atoms with Crippen LogP contribution in [0.3, 0.4) is 0 Å². The maximum atomic E-state index is 6.75. The van der Waals surface area contributed by atoms with E-state index in [1.807, 2.05) is 0 Å². The van der Waals surface area contributed by atoms with Gasteiger partial charge in [0, 0.05) is 6.61 Å². The number of hydrogen-bond donors (Lipinski definition) is 0. The summed E-state index contributed by atoms with van der Waals surface area (Å²) < 4.78 is 18.7. The molecule has 0 bridgehead atoms. The minimum atomic E-state index is -1.79. The third kappa shape index (κ3) is 8.32. The highest BCUT2D eigenvalue weighted by molar-refractivity contribution is 6.77. The van der Waals surface area contributed by atoms with Gasteiger partial charge in [-0.2, -0.15) is 0 Å². The van der Waals surface area contributed by atoms with Gasteiger partial charge in [0.15, 0.2) is 14.6 Å². The van der Waals surface area contributed by atoms with E-state index in [0.717, 1.165) is 25.9 Å². The van der Waals surface area contributed by atoms with Crippen LogP contribution in [-0.4, -0.2) is 33.4 Å². The summed E-state index contributed by atoms with van der Waals surface area (Å²) in [6, 6.07) is 0. The first kappa shape index (κ1) is 26.6. The number of hydrogen-bond acceptors (Lipinski definition) is 3. The van der Waals surface area contributed by atoms with E-state index in [1.54, 1.807) is 0 Å². The molecule has 1 rings (SSSR count). The summed E-state index contributed by atoms with van der Waals surface area (Å²) in [6.07, 6.45) is 10.3. The first-order valence-corrected chi connectivity index (χ1v) is 13.9. The second-order valence-corrected chi connectivity index (χ2v) is 15.6. The molecule has 0 spiro atoms. The van der Waals surface area contributed by atoms with Crippen molar-refractivity contribution in [2.24, 2.45) is 5.92 Å². The lowest BCUT2D eigenvalue weighted by Crippen LogP contribution is -2.48. The maximum Gasteiger partial charge on any atom is 0.200 e. The van der Waals surface area contributed by atoms with Crippen LogP contribution in [0.2, 0.25) is 16.6 Å². The Labute approximate surface area is 182 Å². The topological polar surface area (TPSA) is 27.7 Å². The fraction of sp³-hybridized carbons (Fsp3) is 0.840. The average molecular weight is 425 g/mol. The Morgan fingerprint density at radius 3 is 2.07 bits per heavy atom. The van der Waals surface area contributed by atoms with E-state index in [2.05, 4.69) is 87.5 Å². The van der Waals surface area contributed by atoms with Gasteiger partial charge in [0.25, 0.3) is 0 Å². The summed E-state index contributed by atoms with van der Waals surface area (Å²) in [6.45, 7) is 23.5. The Hall–Kier alpha value is -0.423. The van der Waals surface area contributed by atoms with Gasteiger partial charge in [0.1, 0.15) is 0 Å². The van der Waals surface area contributed by atoms with Crippen LogP contribution >= 0.6 is 0 Å². The summed E-state index contributed by atoms with van der Waals surface area (Å²) in [5, 5.41) is 0. The van der Waals surface area contributed by atoms with E-state index < -0.39 is 8.32 Å². The van der Waals surface area contributed by atoms with Crippen LogP contribution < -0.4 is 0 Å². The molecule has 3 atom stereocenters. The van der Waals surface area contributed by atoms with Gasteiger partial charge < -0.3 is 13.9 Å². The van der Waals surface area contributed by atoms with Crippen LogP contribution in [0.25, 0.3) is 0 Å². The van der Waals surface area contributed by atoms with Crippen LogP contribution in [0.5, 0.6) is 0 Å². The zero-order valence-corrected chi connectivity index (χ0v) is 21.8. The molecule has 0 aromatic heterocycles. The summed E-state index contributed by atoms with van der Waals surface area (Å²) in [5.74, 6) is 0.409. The molecule has 170 valence electrons. The largest absolute Gasteiger partial charge is 0.415 e. The highest BCUT2D eigenvalue weighted by Crippen LogP contribution is 2.42. The third-order valence-electron chi connectivity index (χ3n) is 6.10. The molecule has 0 unspecified atom stereocenters. The molecule has 1 aliphatic rings. The molecule has 3 nitrogen and oxygen atoms in total. The fourth-order valence-corrected chi connectivity index (χ4v) is 10.5. The van der Waals surface area contributed by atoms with Crippen molar-refractivity contribution in [2.75, 3.05) is 6.61 Å². The monoisotopic (exact) mass is 424 g/mol. The maximum absolute atomic E-state index is 6.75. The van der Waals surface area contributed by atoms with Gasteiger partial charge in [-0.1, -0.05) is 72.3 Å². The first-order chi connectivity index (χ1) is 13.5. The van der Waals surface area contributed by atoms with Gasteiger partial charge in [0.2, 0.25) is 0 Å². The minimum Gasteiger partial charge on any atom is -0.415 e. The predicted octanol–water partition coefficient (Wildman–Crippen LogP) is 7.64. The molecule has 0 aromatic carbocycles. The average Bonchev–Trinajstić information content (AvgIpc) is 2.59. The molecular formula is C25H48O3Si. The summed E-state index contributed by atoms with van der Waals surface area (Å²) in [4.78, 5) is 0. The highest BCUT2D eigenvalue weighted by Gasteiger charge is 2.45. The van der Waals surface area contributed by atoms with Crippen molar-refractivity contribution in [1.29, 1.82) is 0 Å². The normalized spacial score (nSPS) is 23.2. The summed E-state index contributed by atoms with van der Waals surface area (Å²) >= 11 is 0. The van der Waals surface area contributed by atoms with Crippen molar-refractivity contribution >= 4 is 8.32 Å². The van der Waals surface area contributed by atoms with Crippen molar-refractivity contribution in [3.63, 3.8) is 0 Å². The lowest BCUT2D eigenvalue weighted by molar-refractivity contribution is -0.198. The van der Waals surface area contributed by atoms with Gasteiger partial charge in [-0.3, -0.25) is 0 Å². The number of allylic oxidation sites excluding steroid dienone is 2. The van der Waals surface area contributed by atoms with Crippen molar-refractivity contribution in [1.82, 2.24) is 0 Å². The van der Waals surface area contributed by atoms with Crippen LogP contribution in [0.15, 0.2) is 23.8 Å². The zero-order chi connectivity index (χ0) is 22.2. The molecule has 1 aliphatic heterocycles.